The highest BCUT2D eigenvalue weighted by molar-refractivity contribution is 14.0. The largest absolute Gasteiger partial charge is 0.375 e. The Morgan fingerprint density at radius 1 is 1.07 bits per heavy atom. The van der Waals surface area contributed by atoms with Gasteiger partial charge in [-0.1, -0.05) is 42.5 Å². The molecule has 2 aromatic carbocycles. The molecule has 148 valence electrons. The van der Waals surface area contributed by atoms with E-state index in [1.165, 1.54) is 12.1 Å². The highest BCUT2D eigenvalue weighted by Crippen LogP contribution is 2.15. The summed E-state index contributed by atoms with van der Waals surface area (Å²) >= 11 is 0. The van der Waals surface area contributed by atoms with Crippen molar-refractivity contribution < 1.29 is 13.9 Å². The second-order valence-electron chi connectivity index (χ2n) is 5.69. The molecule has 0 aliphatic rings. The van der Waals surface area contributed by atoms with Gasteiger partial charge in [-0.15, -0.1) is 24.0 Å². The minimum atomic E-state index is -0.260. The maximum absolute atomic E-state index is 13.0. The third-order valence-corrected chi connectivity index (χ3v) is 3.86. The third kappa shape index (κ3) is 8.68. The number of halogens is 2. The summed E-state index contributed by atoms with van der Waals surface area (Å²) in [6.45, 7) is 2.32. The molecular formula is C20H27FIN3O2. The van der Waals surface area contributed by atoms with E-state index in [9.17, 15) is 4.39 Å². The molecule has 0 spiro atoms. The zero-order valence-corrected chi connectivity index (χ0v) is 18.0. The molecule has 1 atom stereocenters. The van der Waals surface area contributed by atoms with Gasteiger partial charge in [0.1, 0.15) is 5.82 Å². The van der Waals surface area contributed by atoms with Gasteiger partial charge in [0.05, 0.1) is 19.3 Å². The molecule has 1 unspecified atom stereocenters. The summed E-state index contributed by atoms with van der Waals surface area (Å²) in [4.78, 5) is 4.18. The molecule has 0 bridgehead atoms. The fraction of sp³-hybridized carbons (Fsp3) is 0.350. The number of rotatable bonds is 9. The van der Waals surface area contributed by atoms with Crippen LogP contribution in [0.5, 0.6) is 0 Å². The molecule has 5 nitrogen and oxygen atoms in total. The minimum absolute atomic E-state index is 0. The summed E-state index contributed by atoms with van der Waals surface area (Å²) in [7, 11) is 3.34. The van der Waals surface area contributed by atoms with E-state index in [2.05, 4.69) is 15.6 Å². The molecule has 27 heavy (non-hydrogen) atoms. The molecule has 0 aromatic heterocycles. The molecule has 2 rings (SSSR count). The number of nitrogens with one attached hydrogen (secondary N) is 2. The van der Waals surface area contributed by atoms with Crippen LogP contribution in [0.2, 0.25) is 0 Å². The number of nitrogens with zero attached hydrogens (tertiary/aromatic N) is 1. The van der Waals surface area contributed by atoms with Crippen LogP contribution in [0.15, 0.2) is 59.6 Å². The van der Waals surface area contributed by atoms with Crippen molar-refractivity contribution in [2.24, 2.45) is 4.99 Å². The molecular weight excluding hydrogens is 460 g/mol. The zero-order chi connectivity index (χ0) is 18.6. The van der Waals surface area contributed by atoms with E-state index in [4.69, 9.17) is 9.47 Å². The fourth-order valence-electron chi connectivity index (χ4n) is 2.43. The number of hydrogen-bond acceptors (Lipinski definition) is 3. The third-order valence-electron chi connectivity index (χ3n) is 3.86. The van der Waals surface area contributed by atoms with Crippen LogP contribution in [0.3, 0.4) is 0 Å². The lowest BCUT2D eigenvalue weighted by molar-refractivity contribution is 0.106. The molecule has 0 fully saturated rings. The van der Waals surface area contributed by atoms with E-state index >= 15 is 0 Å². The number of benzene rings is 2. The van der Waals surface area contributed by atoms with Gasteiger partial charge in [0.25, 0.3) is 0 Å². The molecule has 0 amide bonds. The van der Waals surface area contributed by atoms with E-state index in [0.29, 0.717) is 32.3 Å². The Balaban J connectivity index is 0.00000364. The minimum Gasteiger partial charge on any atom is -0.375 e. The van der Waals surface area contributed by atoms with Crippen LogP contribution in [0.25, 0.3) is 0 Å². The van der Waals surface area contributed by atoms with Crippen molar-refractivity contribution in [2.45, 2.75) is 12.7 Å². The second-order valence-corrected chi connectivity index (χ2v) is 5.69. The lowest BCUT2D eigenvalue weighted by Gasteiger charge is -2.18. The maximum atomic E-state index is 13.0. The first kappa shape index (κ1) is 23.3. The highest BCUT2D eigenvalue weighted by Gasteiger charge is 2.11. The standard InChI is InChI=1S/C20H26FN3O2.HI/c1-22-20(23-12-13-26-15-16-6-4-3-5-7-16)24-14-19(25-2)17-8-10-18(21)11-9-17;/h3-11,19H,12-15H2,1-2H3,(H2,22,23,24);1H. The van der Waals surface area contributed by atoms with Crippen LogP contribution in [-0.4, -0.2) is 39.8 Å². The monoisotopic (exact) mass is 487 g/mol. The van der Waals surface area contributed by atoms with Gasteiger partial charge < -0.3 is 20.1 Å². The van der Waals surface area contributed by atoms with E-state index in [0.717, 1.165) is 11.1 Å². The Hall–Kier alpha value is -1.71. The Labute approximate surface area is 177 Å². The van der Waals surface area contributed by atoms with Crippen LogP contribution < -0.4 is 10.6 Å². The first-order valence-corrected chi connectivity index (χ1v) is 8.57. The van der Waals surface area contributed by atoms with Crippen LogP contribution in [0.4, 0.5) is 4.39 Å². The Morgan fingerprint density at radius 2 is 1.78 bits per heavy atom. The lowest BCUT2D eigenvalue weighted by atomic mass is 10.1. The number of aliphatic imine (C=N–C) groups is 1. The summed E-state index contributed by atoms with van der Waals surface area (Å²) in [5, 5.41) is 6.40. The number of guanidine groups is 1. The van der Waals surface area contributed by atoms with E-state index in [-0.39, 0.29) is 35.9 Å². The van der Waals surface area contributed by atoms with Crippen molar-refractivity contribution in [3.8, 4) is 0 Å². The van der Waals surface area contributed by atoms with Gasteiger partial charge in [0.15, 0.2) is 5.96 Å². The first-order valence-electron chi connectivity index (χ1n) is 8.57. The smallest absolute Gasteiger partial charge is 0.191 e. The van der Waals surface area contributed by atoms with Gasteiger partial charge in [0.2, 0.25) is 0 Å². The van der Waals surface area contributed by atoms with Gasteiger partial charge >= 0.3 is 0 Å². The Kier molecular flexibility index (Phi) is 11.6. The van der Waals surface area contributed by atoms with Crippen molar-refractivity contribution in [2.75, 3.05) is 33.9 Å². The average Bonchev–Trinajstić information content (AvgIpc) is 2.68. The molecule has 0 aliphatic carbocycles. The summed E-state index contributed by atoms with van der Waals surface area (Å²) in [6.07, 6.45) is -0.191. The maximum Gasteiger partial charge on any atom is 0.191 e. The summed E-state index contributed by atoms with van der Waals surface area (Å²) in [5.41, 5.74) is 2.06. The zero-order valence-electron chi connectivity index (χ0n) is 15.7. The van der Waals surface area contributed by atoms with Crippen LogP contribution in [0, 0.1) is 5.82 Å². The van der Waals surface area contributed by atoms with Crippen LogP contribution in [0.1, 0.15) is 17.2 Å². The van der Waals surface area contributed by atoms with Crippen molar-refractivity contribution in [1.82, 2.24) is 10.6 Å². The quantitative estimate of drug-likeness (QED) is 0.246. The van der Waals surface area contributed by atoms with Gasteiger partial charge in [-0.3, -0.25) is 4.99 Å². The Morgan fingerprint density at radius 3 is 2.41 bits per heavy atom. The van der Waals surface area contributed by atoms with E-state index in [1.807, 2.05) is 30.3 Å². The van der Waals surface area contributed by atoms with E-state index < -0.39 is 0 Å². The SMILES string of the molecule is CN=C(NCCOCc1ccccc1)NCC(OC)c1ccc(F)cc1.I. The fourth-order valence-corrected chi connectivity index (χ4v) is 2.43. The van der Waals surface area contributed by atoms with Gasteiger partial charge in [-0.25, -0.2) is 4.39 Å². The lowest BCUT2D eigenvalue weighted by Crippen LogP contribution is -2.41. The summed E-state index contributed by atoms with van der Waals surface area (Å²) < 4.78 is 24.1. The van der Waals surface area contributed by atoms with Gasteiger partial charge in [-0.05, 0) is 23.3 Å². The normalized spacial score (nSPS) is 12.2. The van der Waals surface area contributed by atoms with Crippen LogP contribution >= 0.6 is 24.0 Å². The first-order chi connectivity index (χ1) is 12.7. The molecule has 2 aromatic rings. The predicted molar refractivity (Wildman–Crippen MR) is 117 cm³/mol. The molecule has 0 heterocycles. The molecule has 2 N–H and O–H groups in total. The Bertz CT molecular complexity index is 669. The number of hydrogen-bond donors (Lipinski definition) is 2. The van der Waals surface area contributed by atoms with Crippen molar-refractivity contribution in [3.63, 3.8) is 0 Å². The number of ether oxygens (including phenoxy) is 2. The van der Waals surface area contributed by atoms with Crippen molar-refractivity contribution in [1.29, 1.82) is 0 Å². The van der Waals surface area contributed by atoms with Gasteiger partial charge in [-0.2, -0.15) is 0 Å². The van der Waals surface area contributed by atoms with Crippen LogP contribution in [-0.2, 0) is 16.1 Å². The second kappa shape index (κ2) is 13.5. The molecule has 0 aliphatic heterocycles. The van der Waals surface area contributed by atoms with Crippen molar-refractivity contribution >= 4 is 29.9 Å². The van der Waals surface area contributed by atoms with Crippen molar-refractivity contribution in [3.05, 3.63) is 71.5 Å². The predicted octanol–water partition coefficient (Wildman–Crippen LogP) is 3.51. The topological polar surface area (TPSA) is 54.9 Å². The van der Waals surface area contributed by atoms with E-state index in [1.54, 1.807) is 26.3 Å². The highest BCUT2D eigenvalue weighted by atomic mass is 127. The number of methoxy groups -OCH3 is 1. The molecule has 0 radical (unpaired) electrons. The van der Waals surface area contributed by atoms with Gasteiger partial charge in [0, 0.05) is 27.2 Å². The molecule has 0 saturated carbocycles. The molecule has 0 saturated heterocycles. The molecule has 7 heteroatoms. The summed E-state index contributed by atoms with van der Waals surface area (Å²) in [5.74, 6) is 0.405. The summed E-state index contributed by atoms with van der Waals surface area (Å²) in [6, 6.07) is 16.4. The average molecular weight is 487 g/mol.